The van der Waals surface area contributed by atoms with Crippen LogP contribution in [0.4, 0.5) is 0 Å². The zero-order chi connectivity index (χ0) is 14.7. The Bertz CT molecular complexity index is 575. The largest absolute Gasteiger partial charge is 0.497 e. The smallest absolute Gasteiger partial charge is 0.118 e. The van der Waals surface area contributed by atoms with Crippen molar-refractivity contribution in [1.29, 1.82) is 0 Å². The second-order valence-electron chi connectivity index (χ2n) is 5.85. The molecular weight excluding hydrogens is 278 g/mol. The van der Waals surface area contributed by atoms with E-state index < -0.39 is 0 Å². The minimum absolute atomic E-state index is 0.265. The molecule has 1 aliphatic rings. The van der Waals surface area contributed by atoms with Crippen LogP contribution in [0.25, 0.3) is 0 Å². The van der Waals surface area contributed by atoms with Crippen molar-refractivity contribution in [3.8, 4) is 5.75 Å². The molecule has 1 heterocycles. The van der Waals surface area contributed by atoms with Crippen molar-refractivity contribution < 1.29 is 4.74 Å². The lowest BCUT2D eigenvalue weighted by atomic mass is 9.81. The van der Waals surface area contributed by atoms with E-state index in [1.807, 2.05) is 23.5 Å². The van der Waals surface area contributed by atoms with Gasteiger partial charge >= 0.3 is 0 Å². The van der Waals surface area contributed by atoms with Gasteiger partial charge in [0.25, 0.3) is 0 Å². The van der Waals surface area contributed by atoms with Gasteiger partial charge in [-0.2, -0.15) is 0 Å². The summed E-state index contributed by atoms with van der Waals surface area (Å²) in [6.45, 7) is 0. The van der Waals surface area contributed by atoms with Crippen molar-refractivity contribution in [3.63, 3.8) is 0 Å². The van der Waals surface area contributed by atoms with E-state index in [4.69, 9.17) is 10.5 Å². The summed E-state index contributed by atoms with van der Waals surface area (Å²) < 4.78 is 5.20. The molecule has 2 atom stereocenters. The van der Waals surface area contributed by atoms with Crippen molar-refractivity contribution in [1.82, 2.24) is 0 Å². The summed E-state index contributed by atoms with van der Waals surface area (Å²) in [5, 5.41) is 2.22. The molecule has 2 aromatic rings. The summed E-state index contributed by atoms with van der Waals surface area (Å²) in [5.41, 5.74) is 9.37. The van der Waals surface area contributed by atoms with Crippen molar-refractivity contribution in [2.75, 3.05) is 7.11 Å². The Labute approximate surface area is 130 Å². The number of benzene rings is 1. The fourth-order valence-electron chi connectivity index (χ4n) is 3.29. The van der Waals surface area contributed by atoms with Gasteiger partial charge in [-0.25, -0.2) is 0 Å². The fraction of sp³-hybridized carbons (Fsp3) is 0.444. The maximum Gasteiger partial charge on any atom is 0.118 e. The van der Waals surface area contributed by atoms with Crippen LogP contribution >= 0.6 is 11.3 Å². The second kappa shape index (κ2) is 6.63. The van der Waals surface area contributed by atoms with Crippen LogP contribution < -0.4 is 10.5 Å². The molecule has 2 nitrogen and oxygen atoms in total. The summed E-state index contributed by atoms with van der Waals surface area (Å²) in [6.07, 6.45) is 5.87. The topological polar surface area (TPSA) is 35.2 Å². The number of hydrogen-bond acceptors (Lipinski definition) is 3. The molecule has 3 rings (SSSR count). The number of nitrogens with two attached hydrogens (primary N) is 1. The third-order valence-electron chi connectivity index (χ3n) is 4.54. The lowest BCUT2D eigenvalue weighted by Gasteiger charge is -2.28. The van der Waals surface area contributed by atoms with Crippen molar-refractivity contribution in [2.24, 2.45) is 5.73 Å². The number of aryl methyl sites for hydroxylation is 2. The summed E-state index contributed by atoms with van der Waals surface area (Å²) in [7, 11) is 1.70. The van der Waals surface area contributed by atoms with E-state index in [0.29, 0.717) is 5.92 Å². The predicted molar refractivity (Wildman–Crippen MR) is 89.3 cm³/mol. The first-order valence-electron chi connectivity index (χ1n) is 7.72. The SMILES string of the molecule is COc1ccc(CCC(N)C2CCCc3sccc32)cc1. The van der Waals surface area contributed by atoms with Crippen molar-refractivity contribution in [3.05, 3.63) is 51.7 Å². The van der Waals surface area contributed by atoms with Crippen molar-refractivity contribution >= 4 is 11.3 Å². The molecule has 2 unspecified atom stereocenters. The molecule has 1 aliphatic carbocycles. The van der Waals surface area contributed by atoms with Gasteiger partial charge in [-0.15, -0.1) is 11.3 Å². The lowest BCUT2D eigenvalue weighted by molar-refractivity contribution is 0.414. The number of thiophene rings is 1. The molecule has 112 valence electrons. The highest BCUT2D eigenvalue weighted by Crippen LogP contribution is 2.37. The van der Waals surface area contributed by atoms with Gasteiger partial charge in [0.15, 0.2) is 0 Å². The molecule has 3 heteroatoms. The highest BCUT2D eigenvalue weighted by molar-refractivity contribution is 7.10. The summed E-state index contributed by atoms with van der Waals surface area (Å²) in [4.78, 5) is 1.56. The molecule has 0 amide bonds. The first kappa shape index (κ1) is 14.6. The minimum atomic E-state index is 0.265. The maximum absolute atomic E-state index is 6.51. The molecule has 0 saturated carbocycles. The number of hydrogen-bond donors (Lipinski definition) is 1. The van der Waals surface area contributed by atoms with Gasteiger partial charge in [0.1, 0.15) is 5.75 Å². The number of fused-ring (bicyclic) bond motifs is 1. The molecule has 0 radical (unpaired) electrons. The second-order valence-corrected chi connectivity index (χ2v) is 6.85. The Kier molecular flexibility index (Phi) is 4.61. The highest BCUT2D eigenvalue weighted by atomic mass is 32.1. The first-order chi connectivity index (χ1) is 10.3. The number of methoxy groups -OCH3 is 1. The van der Waals surface area contributed by atoms with Gasteiger partial charge in [-0.1, -0.05) is 12.1 Å². The quantitative estimate of drug-likeness (QED) is 0.901. The summed E-state index contributed by atoms with van der Waals surface area (Å²) in [5.74, 6) is 1.47. The van der Waals surface area contributed by atoms with Crippen LogP contribution in [0, 0.1) is 0 Å². The number of rotatable bonds is 5. The van der Waals surface area contributed by atoms with Crippen LogP contribution in [0.1, 0.15) is 41.2 Å². The van der Waals surface area contributed by atoms with E-state index >= 15 is 0 Å². The van der Waals surface area contributed by atoms with Gasteiger partial charge in [0.05, 0.1) is 7.11 Å². The van der Waals surface area contributed by atoms with Gasteiger partial charge in [-0.3, -0.25) is 0 Å². The van der Waals surface area contributed by atoms with E-state index in [1.165, 1.54) is 30.4 Å². The van der Waals surface area contributed by atoms with E-state index in [1.54, 1.807) is 12.0 Å². The van der Waals surface area contributed by atoms with E-state index in [9.17, 15) is 0 Å². The Balaban J connectivity index is 1.61. The molecule has 21 heavy (non-hydrogen) atoms. The third kappa shape index (κ3) is 3.30. The molecule has 0 bridgehead atoms. The van der Waals surface area contributed by atoms with Gasteiger partial charge in [0, 0.05) is 16.8 Å². The average molecular weight is 301 g/mol. The van der Waals surface area contributed by atoms with E-state index in [2.05, 4.69) is 23.6 Å². The zero-order valence-corrected chi connectivity index (χ0v) is 13.4. The van der Waals surface area contributed by atoms with Crippen LogP contribution in [-0.2, 0) is 12.8 Å². The minimum Gasteiger partial charge on any atom is -0.497 e. The molecule has 2 N–H and O–H groups in total. The monoisotopic (exact) mass is 301 g/mol. The molecule has 1 aromatic carbocycles. The van der Waals surface area contributed by atoms with E-state index in [0.717, 1.165) is 18.6 Å². The van der Waals surface area contributed by atoms with Gasteiger partial charge in [0.2, 0.25) is 0 Å². The van der Waals surface area contributed by atoms with Crippen LogP contribution in [0.5, 0.6) is 5.75 Å². The Morgan fingerprint density at radius 3 is 2.86 bits per heavy atom. The molecule has 0 aliphatic heterocycles. The Hall–Kier alpha value is -1.32. The fourth-order valence-corrected chi connectivity index (χ4v) is 4.29. The third-order valence-corrected chi connectivity index (χ3v) is 5.54. The average Bonchev–Trinajstić information content (AvgIpc) is 3.01. The first-order valence-corrected chi connectivity index (χ1v) is 8.60. The summed E-state index contributed by atoms with van der Waals surface area (Å²) in [6, 6.07) is 10.9. The van der Waals surface area contributed by atoms with Crippen molar-refractivity contribution in [2.45, 2.75) is 44.1 Å². The Morgan fingerprint density at radius 2 is 2.10 bits per heavy atom. The molecule has 0 saturated heterocycles. The number of ether oxygens (including phenoxy) is 1. The zero-order valence-electron chi connectivity index (χ0n) is 12.5. The standard InChI is InChI=1S/C18H23NOS/c1-20-14-8-5-13(6-9-14)7-10-17(19)15-3-2-4-18-16(15)11-12-21-18/h5-6,8-9,11-12,15,17H,2-4,7,10,19H2,1H3. The molecular formula is C18H23NOS. The Morgan fingerprint density at radius 1 is 1.29 bits per heavy atom. The summed E-state index contributed by atoms with van der Waals surface area (Å²) >= 11 is 1.90. The van der Waals surface area contributed by atoms with Crippen LogP contribution in [0.2, 0.25) is 0 Å². The lowest BCUT2D eigenvalue weighted by Crippen LogP contribution is -2.30. The van der Waals surface area contributed by atoms with Crippen LogP contribution in [0.15, 0.2) is 35.7 Å². The molecule has 0 fully saturated rings. The molecule has 0 spiro atoms. The van der Waals surface area contributed by atoms with Gasteiger partial charge in [-0.05, 0) is 66.8 Å². The van der Waals surface area contributed by atoms with E-state index in [-0.39, 0.29) is 6.04 Å². The molecule has 1 aromatic heterocycles. The highest BCUT2D eigenvalue weighted by Gasteiger charge is 2.26. The van der Waals surface area contributed by atoms with Crippen LogP contribution in [-0.4, -0.2) is 13.2 Å². The van der Waals surface area contributed by atoms with Crippen LogP contribution in [0.3, 0.4) is 0 Å². The predicted octanol–water partition coefficient (Wildman–Crippen LogP) is 4.14. The van der Waals surface area contributed by atoms with Gasteiger partial charge < -0.3 is 10.5 Å². The normalized spacial score (nSPS) is 19.0. The maximum atomic E-state index is 6.51.